The first kappa shape index (κ1) is 22.8. The van der Waals surface area contributed by atoms with Crippen LogP contribution in [0.15, 0.2) is 23.2 Å². The molecule has 2 aliphatic rings. The molecule has 0 bridgehead atoms. The monoisotopic (exact) mass is 500 g/mol. The van der Waals surface area contributed by atoms with Crippen LogP contribution >= 0.6 is 24.0 Å². The molecule has 3 rings (SSSR count). The van der Waals surface area contributed by atoms with E-state index in [0.29, 0.717) is 19.6 Å². The second kappa shape index (κ2) is 10.3. The van der Waals surface area contributed by atoms with Crippen LogP contribution in [0.4, 0.5) is 0 Å². The second-order valence-electron chi connectivity index (χ2n) is 7.89. The Hall–Kier alpha value is -1.51. The first-order chi connectivity index (χ1) is 13.0. The Morgan fingerprint density at radius 3 is 2.71 bits per heavy atom. The summed E-state index contributed by atoms with van der Waals surface area (Å²) in [7, 11) is 0. The number of nitrogens with one attached hydrogen (secondary N) is 2. The Balaban J connectivity index is 0.00000280. The Kier molecular flexibility index (Phi) is 8.39. The number of nitrogens with zero attached hydrogens (tertiary/aromatic N) is 2. The second-order valence-corrected chi connectivity index (χ2v) is 7.89. The minimum absolute atomic E-state index is 0. The zero-order valence-corrected chi connectivity index (χ0v) is 19.5. The summed E-state index contributed by atoms with van der Waals surface area (Å²) in [5, 5.41) is 6.41. The highest BCUT2D eigenvalue weighted by Crippen LogP contribution is 2.35. The van der Waals surface area contributed by atoms with E-state index in [1.807, 2.05) is 0 Å². The molecule has 0 aliphatic carbocycles. The van der Waals surface area contributed by atoms with Crippen molar-refractivity contribution in [1.29, 1.82) is 0 Å². The third-order valence-electron chi connectivity index (χ3n) is 5.31. The minimum Gasteiger partial charge on any atom is -0.492 e. The minimum atomic E-state index is 0. The number of guanidine groups is 1. The number of benzene rings is 1. The number of carbonyl (C=O) groups excluding carboxylic acids is 1. The van der Waals surface area contributed by atoms with Gasteiger partial charge in [-0.3, -0.25) is 4.79 Å². The van der Waals surface area contributed by atoms with E-state index >= 15 is 0 Å². The summed E-state index contributed by atoms with van der Waals surface area (Å²) in [6.07, 6.45) is 2.84. The number of ether oxygens (including phenoxy) is 1. The molecule has 0 saturated carbocycles. The van der Waals surface area contributed by atoms with E-state index in [1.54, 1.807) is 0 Å². The van der Waals surface area contributed by atoms with E-state index in [1.165, 1.54) is 11.1 Å². The molecule has 156 valence electrons. The quantitative estimate of drug-likeness (QED) is 0.283. The molecule has 1 aromatic rings. The molecule has 1 aromatic carbocycles. The van der Waals surface area contributed by atoms with Crippen molar-refractivity contribution in [3.05, 3.63) is 29.3 Å². The topological polar surface area (TPSA) is 66.0 Å². The first-order valence-corrected chi connectivity index (χ1v) is 10.0. The SMILES string of the molecule is CCNC(=NCCOc1cc(C)cc(C)c1)N1CCCC2(CNC(=O)C2)C1.I. The van der Waals surface area contributed by atoms with Crippen molar-refractivity contribution in [2.45, 2.75) is 40.0 Å². The molecular formula is C21H33IN4O2. The third-order valence-corrected chi connectivity index (χ3v) is 5.31. The lowest BCUT2D eigenvalue weighted by Gasteiger charge is -2.40. The lowest BCUT2D eigenvalue weighted by Crippen LogP contribution is -2.51. The van der Waals surface area contributed by atoms with Crippen molar-refractivity contribution in [1.82, 2.24) is 15.5 Å². The summed E-state index contributed by atoms with van der Waals surface area (Å²) in [5.74, 6) is 2.01. The maximum atomic E-state index is 11.7. The third kappa shape index (κ3) is 5.99. The van der Waals surface area contributed by atoms with Crippen LogP contribution in [-0.2, 0) is 4.79 Å². The number of aliphatic imine (C=N–C) groups is 1. The molecule has 0 radical (unpaired) electrons. The summed E-state index contributed by atoms with van der Waals surface area (Å²) >= 11 is 0. The highest BCUT2D eigenvalue weighted by molar-refractivity contribution is 14.0. The van der Waals surface area contributed by atoms with E-state index in [-0.39, 0.29) is 35.3 Å². The summed E-state index contributed by atoms with van der Waals surface area (Å²) < 4.78 is 5.88. The number of rotatable bonds is 5. The summed E-state index contributed by atoms with van der Waals surface area (Å²) in [5.41, 5.74) is 2.49. The lowest BCUT2D eigenvalue weighted by atomic mass is 9.79. The van der Waals surface area contributed by atoms with Gasteiger partial charge in [0.25, 0.3) is 0 Å². The standard InChI is InChI=1S/C21H32N4O2.HI/c1-4-22-20(23-7-9-27-18-11-16(2)10-17(3)12-18)25-8-5-6-21(15-25)13-19(26)24-14-21;/h10-12H,4-9,13-15H2,1-3H3,(H,22,23)(H,24,26);1H. The smallest absolute Gasteiger partial charge is 0.220 e. The van der Waals surface area contributed by atoms with Crippen LogP contribution in [0.2, 0.25) is 0 Å². The Morgan fingerprint density at radius 2 is 2.07 bits per heavy atom. The number of halogens is 1. The van der Waals surface area contributed by atoms with Gasteiger partial charge in [0.05, 0.1) is 6.54 Å². The maximum absolute atomic E-state index is 11.7. The molecule has 1 unspecified atom stereocenters. The molecular weight excluding hydrogens is 467 g/mol. The Morgan fingerprint density at radius 1 is 1.32 bits per heavy atom. The number of likely N-dealkylation sites (tertiary alicyclic amines) is 1. The number of aryl methyl sites for hydroxylation is 2. The van der Waals surface area contributed by atoms with Crippen molar-refractivity contribution >= 4 is 35.8 Å². The maximum Gasteiger partial charge on any atom is 0.220 e. The van der Waals surface area contributed by atoms with Gasteiger partial charge in [-0.1, -0.05) is 6.07 Å². The van der Waals surface area contributed by atoms with E-state index in [2.05, 4.69) is 54.5 Å². The summed E-state index contributed by atoms with van der Waals surface area (Å²) in [6, 6.07) is 6.25. The number of amides is 1. The van der Waals surface area contributed by atoms with Crippen LogP contribution in [0.25, 0.3) is 0 Å². The van der Waals surface area contributed by atoms with Gasteiger partial charge in [0.2, 0.25) is 5.91 Å². The van der Waals surface area contributed by atoms with Crippen molar-refractivity contribution in [2.24, 2.45) is 10.4 Å². The van der Waals surface area contributed by atoms with Crippen molar-refractivity contribution in [3.63, 3.8) is 0 Å². The van der Waals surface area contributed by atoms with Crippen LogP contribution in [0.3, 0.4) is 0 Å². The van der Waals surface area contributed by atoms with Gasteiger partial charge in [-0.25, -0.2) is 4.99 Å². The molecule has 2 saturated heterocycles. The first-order valence-electron chi connectivity index (χ1n) is 10.0. The van der Waals surface area contributed by atoms with E-state index in [4.69, 9.17) is 9.73 Å². The zero-order chi connectivity index (χ0) is 19.3. The molecule has 1 amide bonds. The fourth-order valence-corrected chi connectivity index (χ4v) is 4.19. The average molecular weight is 500 g/mol. The molecule has 2 aliphatic heterocycles. The van der Waals surface area contributed by atoms with Gasteiger partial charge in [0.1, 0.15) is 12.4 Å². The fourth-order valence-electron chi connectivity index (χ4n) is 4.19. The Bertz CT molecular complexity index is 689. The molecule has 6 nitrogen and oxygen atoms in total. The molecule has 2 fully saturated rings. The van der Waals surface area contributed by atoms with Gasteiger partial charge < -0.3 is 20.3 Å². The van der Waals surface area contributed by atoms with Gasteiger partial charge in [0, 0.05) is 38.0 Å². The van der Waals surface area contributed by atoms with Crippen molar-refractivity contribution in [2.75, 3.05) is 39.3 Å². The Labute approximate surface area is 185 Å². The average Bonchev–Trinajstić information content (AvgIpc) is 2.96. The number of hydrogen-bond acceptors (Lipinski definition) is 3. The van der Waals surface area contributed by atoms with Crippen molar-refractivity contribution < 1.29 is 9.53 Å². The van der Waals surface area contributed by atoms with Crippen molar-refractivity contribution in [3.8, 4) is 5.75 Å². The molecule has 1 atom stereocenters. The highest BCUT2D eigenvalue weighted by atomic mass is 127. The molecule has 7 heteroatoms. The van der Waals surface area contributed by atoms with E-state index in [0.717, 1.165) is 50.7 Å². The van der Waals surface area contributed by atoms with Gasteiger partial charge in [-0.2, -0.15) is 0 Å². The zero-order valence-electron chi connectivity index (χ0n) is 17.2. The summed E-state index contributed by atoms with van der Waals surface area (Å²) in [4.78, 5) is 18.8. The number of carbonyl (C=O) groups is 1. The number of hydrogen-bond donors (Lipinski definition) is 2. The van der Waals surface area contributed by atoms with Gasteiger partial charge >= 0.3 is 0 Å². The fraction of sp³-hybridized carbons (Fsp3) is 0.619. The largest absolute Gasteiger partial charge is 0.492 e. The van der Waals surface area contributed by atoms with E-state index in [9.17, 15) is 4.79 Å². The molecule has 28 heavy (non-hydrogen) atoms. The van der Waals surface area contributed by atoms with Crippen LogP contribution in [0.1, 0.15) is 37.3 Å². The van der Waals surface area contributed by atoms with Gasteiger partial charge in [-0.05, 0) is 56.9 Å². The predicted octanol–water partition coefficient (Wildman–Crippen LogP) is 2.87. The molecule has 0 aromatic heterocycles. The van der Waals surface area contributed by atoms with E-state index < -0.39 is 0 Å². The van der Waals surface area contributed by atoms with Crippen LogP contribution in [0.5, 0.6) is 5.75 Å². The van der Waals surface area contributed by atoms with Gasteiger partial charge in [-0.15, -0.1) is 24.0 Å². The predicted molar refractivity (Wildman–Crippen MR) is 124 cm³/mol. The highest BCUT2D eigenvalue weighted by Gasteiger charge is 2.42. The van der Waals surface area contributed by atoms with Crippen LogP contribution in [0, 0.1) is 19.3 Å². The summed E-state index contributed by atoms with van der Waals surface area (Å²) in [6.45, 7) is 10.9. The van der Waals surface area contributed by atoms with Crippen LogP contribution in [-0.4, -0.2) is 56.1 Å². The molecule has 2 heterocycles. The van der Waals surface area contributed by atoms with Crippen LogP contribution < -0.4 is 15.4 Å². The van der Waals surface area contributed by atoms with Gasteiger partial charge in [0.15, 0.2) is 5.96 Å². The lowest BCUT2D eigenvalue weighted by molar-refractivity contribution is -0.119. The molecule has 2 N–H and O–H groups in total. The molecule has 1 spiro atoms. The normalized spacial score (nSPS) is 22.0. The number of piperidine rings is 1.